The van der Waals surface area contributed by atoms with Gasteiger partial charge >= 0.3 is 12.4 Å². The highest BCUT2D eigenvalue weighted by molar-refractivity contribution is 6.20. The molecule has 0 N–H and O–H groups in total. The summed E-state index contributed by atoms with van der Waals surface area (Å²) in [6.07, 6.45) is -11.5. The quantitative estimate of drug-likeness (QED) is 0.116. The van der Waals surface area contributed by atoms with Crippen molar-refractivity contribution in [3.8, 4) is 115 Å². The molecule has 0 aliphatic carbocycles. The van der Waals surface area contributed by atoms with Crippen LogP contribution in [0.2, 0.25) is 0 Å². The fourth-order valence-corrected chi connectivity index (χ4v) is 24.2. The summed E-state index contributed by atoms with van der Waals surface area (Å²) < 4.78 is 126. The smallest absolute Gasteiger partial charge is 0.309 e. The van der Waals surface area contributed by atoms with Gasteiger partial charge in [0.1, 0.15) is 36.4 Å². The highest BCUT2D eigenvalue weighted by atomic mass is 19.4. The van der Waals surface area contributed by atoms with Crippen molar-refractivity contribution in [2.45, 2.75) is 12.4 Å². The predicted molar refractivity (Wildman–Crippen MR) is 576 cm³/mol. The van der Waals surface area contributed by atoms with E-state index in [1.54, 1.807) is 149 Å². The van der Waals surface area contributed by atoms with Crippen molar-refractivity contribution >= 4 is 174 Å². The average molecular weight is 1910 g/mol. The molecular weight excluding hydrogens is 1850 g/mol. The van der Waals surface area contributed by atoms with Crippen molar-refractivity contribution in [2.24, 2.45) is 0 Å². The molecule has 28 aromatic rings. The first-order valence-electron chi connectivity index (χ1n) is 48.0. The Hall–Kier alpha value is -20.7. The average Bonchev–Trinajstić information content (AvgIpc) is 1.44. The second kappa shape index (κ2) is 31.9. The third-order valence-electron chi connectivity index (χ3n) is 30.0. The Morgan fingerprint density at radius 1 is 0.149 bits per heavy atom. The van der Waals surface area contributed by atoms with Gasteiger partial charge in [-0.05, 0) is 145 Å². The molecule has 0 bridgehead atoms. The molecule has 0 spiro atoms. The van der Waals surface area contributed by atoms with Gasteiger partial charge in [-0.2, -0.15) is 57.9 Å². The maximum absolute atomic E-state index is 18.7. The fraction of sp³-hybridized carbons (Fsp3) is 0.0156. The van der Waals surface area contributed by atoms with Gasteiger partial charge in [0, 0.05) is 108 Å². The van der Waals surface area contributed by atoms with E-state index in [2.05, 4.69) is 36.4 Å². The van der Waals surface area contributed by atoms with E-state index in [0.717, 1.165) is 60.5 Å². The van der Waals surface area contributed by atoms with E-state index >= 15 is 26.3 Å². The van der Waals surface area contributed by atoms with Gasteiger partial charge in [0.25, 0.3) is 0 Å². The van der Waals surface area contributed by atoms with E-state index in [-0.39, 0.29) is 72.5 Å². The van der Waals surface area contributed by atoms with Crippen molar-refractivity contribution in [1.82, 2.24) is 36.5 Å². The molecule has 28 rings (SSSR count). The van der Waals surface area contributed by atoms with Crippen LogP contribution >= 0.6 is 0 Å². The van der Waals surface area contributed by atoms with Crippen LogP contribution in [0.5, 0.6) is 0 Å². The Morgan fingerprint density at radius 3 is 0.446 bits per heavy atom. The van der Waals surface area contributed by atoms with E-state index in [1.165, 1.54) is 9.13 Å². The number of hydrogen-bond acceptors (Lipinski definition) is 6. The first-order chi connectivity index (χ1) is 72.6. The monoisotopic (exact) mass is 1910 g/mol. The summed E-state index contributed by atoms with van der Waals surface area (Å²) in [5.41, 5.74) is 1.68. The summed E-state index contributed by atoms with van der Waals surface area (Å²) in [6, 6.07) is 137. The Kier molecular flexibility index (Phi) is 18.4. The summed E-state index contributed by atoms with van der Waals surface area (Å²) in [4.78, 5) is 0. The van der Waals surface area contributed by atoms with Crippen LogP contribution in [0.3, 0.4) is 0 Å². The normalized spacial score (nSPS) is 12.1. The lowest BCUT2D eigenvalue weighted by Gasteiger charge is -2.29. The van der Waals surface area contributed by atoms with Gasteiger partial charge in [-0.25, -0.2) is 0 Å². The van der Waals surface area contributed by atoms with Crippen LogP contribution in [0.4, 0.5) is 26.3 Å². The zero-order valence-corrected chi connectivity index (χ0v) is 77.6. The Labute approximate surface area is 836 Å². The number of para-hydroxylation sites is 14. The zero-order chi connectivity index (χ0) is 99.7. The molecule has 8 heterocycles. The van der Waals surface area contributed by atoms with Crippen molar-refractivity contribution in [2.75, 3.05) is 0 Å². The summed E-state index contributed by atoms with van der Waals surface area (Å²) in [5.74, 6) is 0. The molecule has 20 heteroatoms. The van der Waals surface area contributed by atoms with Crippen LogP contribution in [0.25, 0.3) is 253 Å². The lowest BCUT2D eigenvalue weighted by atomic mass is 9.84. The van der Waals surface area contributed by atoms with E-state index in [0.29, 0.717) is 126 Å². The molecule has 0 unspecified atom stereocenters. The molecule has 0 aliphatic heterocycles. The standard InChI is InChI=1S/C128H66F6N14/c129-127(130,131)125-119(147-107-53-25-11-39-85(107)86-40-12-26-54-108(86)147)66-120(126(128(132,133)134)124(125)123-95(71-139)117(144-103-49-21-7-35-81(103)82-36-8-22-50-104(82)144)65-118(96(123)72-140)145-105-51-23-9-37-83(105)84-38-10-24-52-106(84)145)148-110-56-28-14-42-88(110)90-62-74(58-60-112(90)148)73-57-59-111-89(61-73)87-41-13-27-55-109(87)146(111)116-64-115(143-101-47-19-5-33-79(101)80-34-6-20-48-102(80)143)93(69-137)122(94(116)70-138)121-91(67-135)113(141-97-43-15-1-29-75(97)76-30-2-16-44-98(76)141)63-114(92(121)68-136)142-99-45-17-3-31-77(99)78-32-4-18-46-100(78)142/h1-66H. The summed E-state index contributed by atoms with van der Waals surface area (Å²) in [5, 5.41) is 86.9. The van der Waals surface area contributed by atoms with Gasteiger partial charge in [-0.1, -0.05) is 267 Å². The molecule has 0 radical (unpaired) electrons. The molecule has 20 aromatic carbocycles. The first kappa shape index (κ1) is 85.3. The molecule has 8 aromatic heterocycles. The second-order valence-electron chi connectivity index (χ2n) is 37.2. The maximum Gasteiger partial charge on any atom is 0.419 e. The molecule has 0 fully saturated rings. The van der Waals surface area contributed by atoms with Crippen LogP contribution in [0, 0.1) is 68.0 Å². The molecule has 0 saturated heterocycles. The summed E-state index contributed by atoms with van der Waals surface area (Å²) >= 11 is 0. The fourth-order valence-electron chi connectivity index (χ4n) is 24.2. The highest BCUT2D eigenvalue weighted by Crippen LogP contribution is 2.58. The number of halogens is 6. The van der Waals surface area contributed by atoms with Gasteiger partial charge in [0.15, 0.2) is 0 Å². The van der Waals surface area contributed by atoms with Crippen LogP contribution in [0.1, 0.15) is 44.5 Å². The summed E-state index contributed by atoms with van der Waals surface area (Å²) in [6.45, 7) is 0. The Morgan fingerprint density at radius 2 is 0.284 bits per heavy atom. The molecule has 148 heavy (non-hydrogen) atoms. The van der Waals surface area contributed by atoms with Crippen molar-refractivity contribution in [3.63, 3.8) is 0 Å². The van der Waals surface area contributed by atoms with Crippen molar-refractivity contribution < 1.29 is 26.3 Å². The van der Waals surface area contributed by atoms with Gasteiger partial charge < -0.3 is 36.5 Å². The molecule has 0 amide bonds. The lowest BCUT2D eigenvalue weighted by Crippen LogP contribution is -2.22. The topological polar surface area (TPSA) is 182 Å². The van der Waals surface area contributed by atoms with Crippen LogP contribution in [-0.4, -0.2) is 36.5 Å². The molecule has 0 atom stereocenters. The number of fused-ring (bicyclic) bond motifs is 24. The lowest BCUT2D eigenvalue weighted by molar-refractivity contribution is -0.141. The number of alkyl halides is 6. The number of nitrogens with zero attached hydrogens (tertiary/aromatic N) is 14. The van der Waals surface area contributed by atoms with Crippen molar-refractivity contribution in [3.05, 3.63) is 445 Å². The van der Waals surface area contributed by atoms with Crippen molar-refractivity contribution in [1.29, 1.82) is 31.6 Å². The van der Waals surface area contributed by atoms with Crippen LogP contribution in [0.15, 0.2) is 400 Å². The number of benzene rings is 20. The minimum Gasteiger partial charge on any atom is -0.309 e. The van der Waals surface area contributed by atoms with E-state index in [4.69, 9.17) is 0 Å². The number of aromatic nitrogens is 8. The van der Waals surface area contributed by atoms with Gasteiger partial charge in [-0.15, -0.1) is 0 Å². The minimum absolute atomic E-state index is 0.00151. The number of rotatable bonds is 11. The third kappa shape index (κ3) is 11.9. The maximum atomic E-state index is 18.7. The molecule has 14 nitrogen and oxygen atoms in total. The zero-order valence-electron chi connectivity index (χ0n) is 77.6. The number of nitriles is 6. The van der Waals surface area contributed by atoms with E-state index in [1.807, 2.05) is 273 Å². The van der Waals surface area contributed by atoms with E-state index < -0.39 is 57.1 Å². The van der Waals surface area contributed by atoms with Gasteiger partial charge in [-0.3, -0.25) is 0 Å². The predicted octanol–water partition coefficient (Wildman–Crippen LogP) is 32.7. The molecule has 0 aliphatic rings. The SMILES string of the molecule is N#Cc1c(-n2c3ccccc3c3ccccc32)cc(-n2c3ccccc3c3ccccc32)c(C#N)c1-c1c(C#N)c(-n2c3ccccc3c3ccccc32)cc(-n2c3ccccc3c3cc(-c4ccc5c(c4)c4ccccc4n5-c4cc(-n5c6ccccc6c6ccccc65)c(C(F)(F)F)c(-c5c(C#N)c(-n6c7ccccc7c7ccccc76)cc(-n6c7ccccc7c7ccccc76)c5C#N)c4C(F)(F)F)ccc32)c1C#N. The van der Waals surface area contributed by atoms with Gasteiger partial charge in [0.05, 0.1) is 178 Å². The molecular formula is C128H66F6N14. The largest absolute Gasteiger partial charge is 0.419 e. The van der Waals surface area contributed by atoms with E-state index in [9.17, 15) is 31.6 Å². The Balaban J connectivity index is 0.716. The second-order valence-corrected chi connectivity index (χ2v) is 37.2. The van der Waals surface area contributed by atoms with Crippen LogP contribution in [-0.2, 0) is 12.4 Å². The third-order valence-corrected chi connectivity index (χ3v) is 30.0. The van der Waals surface area contributed by atoms with Crippen LogP contribution < -0.4 is 0 Å². The minimum atomic E-state index is -5.78. The first-order valence-corrected chi connectivity index (χ1v) is 48.0. The highest BCUT2D eigenvalue weighted by Gasteiger charge is 2.49. The van der Waals surface area contributed by atoms with Gasteiger partial charge in [0.2, 0.25) is 0 Å². The summed E-state index contributed by atoms with van der Waals surface area (Å²) in [7, 11) is 0. The molecule has 0 saturated carbocycles. The molecule has 690 valence electrons. The number of hydrogen-bond donors (Lipinski definition) is 0. The Bertz CT molecular complexity index is 10500.